The third-order valence-electron chi connectivity index (χ3n) is 4.96. The second-order valence-electron chi connectivity index (χ2n) is 7.73. The van der Waals surface area contributed by atoms with E-state index in [1.807, 2.05) is 11.8 Å². The topological polar surface area (TPSA) is 76.7 Å². The molecule has 2 rings (SSSR count). The number of halogens is 4. The van der Waals surface area contributed by atoms with Crippen LogP contribution in [0.25, 0.3) is 0 Å². The van der Waals surface area contributed by atoms with Crippen LogP contribution in [0.3, 0.4) is 0 Å². The maximum Gasteiger partial charge on any atom is 0.308 e. The Labute approximate surface area is 185 Å². The molecule has 2 amide bonds. The van der Waals surface area contributed by atoms with E-state index in [0.29, 0.717) is 12.8 Å². The van der Waals surface area contributed by atoms with E-state index in [-0.39, 0.29) is 52.0 Å². The molecule has 0 radical (unpaired) electrons. The summed E-state index contributed by atoms with van der Waals surface area (Å²) in [6.45, 7) is -0.243. The van der Waals surface area contributed by atoms with Gasteiger partial charge in [0, 0.05) is 38.8 Å². The van der Waals surface area contributed by atoms with Gasteiger partial charge in [0.2, 0.25) is 11.8 Å². The molecule has 32 heavy (non-hydrogen) atoms. The predicted octanol–water partition coefficient (Wildman–Crippen LogP) is 2.41. The molecule has 0 aromatic rings. The van der Waals surface area contributed by atoms with Crippen LogP contribution in [0.1, 0.15) is 51.4 Å². The fourth-order valence-electron chi connectivity index (χ4n) is 3.17. The average molecular weight is 460 g/mol. The first-order valence-electron chi connectivity index (χ1n) is 10.7. The van der Waals surface area contributed by atoms with Gasteiger partial charge in [0.25, 0.3) is 0 Å². The van der Waals surface area contributed by atoms with Gasteiger partial charge in [-0.2, -0.15) is 17.6 Å². The Bertz CT molecular complexity index is 703. The maximum absolute atomic E-state index is 13.3. The molecular formula is C22H28F4N2O4. The zero-order chi connectivity index (χ0) is 23.5. The van der Waals surface area contributed by atoms with Gasteiger partial charge in [-0.15, -0.1) is 0 Å². The molecule has 0 saturated heterocycles. The van der Waals surface area contributed by atoms with Crippen molar-refractivity contribution in [3.05, 3.63) is 0 Å². The van der Waals surface area contributed by atoms with Gasteiger partial charge >= 0.3 is 11.8 Å². The molecule has 2 N–H and O–H groups in total. The molecule has 6 nitrogen and oxygen atoms in total. The average Bonchev–Trinajstić information content (AvgIpc) is 2.71. The molecule has 2 unspecified atom stereocenters. The summed E-state index contributed by atoms with van der Waals surface area (Å²) in [6, 6.07) is 0. The van der Waals surface area contributed by atoms with Crippen LogP contribution in [-0.2, 0) is 19.1 Å². The van der Waals surface area contributed by atoms with Gasteiger partial charge in [-0.05, 0) is 37.5 Å². The van der Waals surface area contributed by atoms with Gasteiger partial charge in [-0.25, -0.2) is 0 Å². The highest BCUT2D eigenvalue weighted by molar-refractivity contribution is 5.78. The molecule has 0 aromatic heterocycles. The van der Waals surface area contributed by atoms with E-state index in [0.717, 1.165) is 0 Å². The molecule has 178 valence electrons. The summed E-state index contributed by atoms with van der Waals surface area (Å²) in [5.41, 5.74) is 0. The highest BCUT2D eigenvalue weighted by atomic mass is 19.3. The number of carbonyl (C=O) groups excluding carboxylic acids is 2. The Kier molecular flexibility index (Phi) is 10.3. The van der Waals surface area contributed by atoms with Crippen LogP contribution in [0.5, 0.6) is 0 Å². The third kappa shape index (κ3) is 10.8. The minimum atomic E-state index is -3.03. The number of amides is 2. The van der Waals surface area contributed by atoms with E-state index in [4.69, 9.17) is 9.47 Å². The van der Waals surface area contributed by atoms with Gasteiger partial charge < -0.3 is 20.1 Å². The number of alkyl halides is 4. The lowest BCUT2D eigenvalue weighted by atomic mass is 10.0. The Hall–Kier alpha value is -2.30. The van der Waals surface area contributed by atoms with E-state index in [9.17, 15) is 27.2 Å². The number of rotatable bonds is 9. The van der Waals surface area contributed by atoms with Crippen molar-refractivity contribution in [3.8, 4) is 23.7 Å². The van der Waals surface area contributed by atoms with Crippen LogP contribution in [0, 0.1) is 23.7 Å². The smallest absolute Gasteiger partial charge is 0.308 e. The van der Waals surface area contributed by atoms with E-state index in [2.05, 4.69) is 22.5 Å². The Morgan fingerprint density at radius 3 is 1.56 bits per heavy atom. The summed E-state index contributed by atoms with van der Waals surface area (Å²) in [4.78, 5) is 23.7. The van der Waals surface area contributed by atoms with Crippen LogP contribution < -0.4 is 10.6 Å². The Balaban J connectivity index is 1.54. The van der Waals surface area contributed by atoms with Crippen molar-refractivity contribution < 1.29 is 36.6 Å². The molecule has 0 heterocycles. The van der Waals surface area contributed by atoms with Crippen LogP contribution in [-0.4, -0.2) is 62.2 Å². The molecule has 0 fully saturated rings. The summed E-state index contributed by atoms with van der Waals surface area (Å²) < 4.78 is 64.1. The van der Waals surface area contributed by atoms with Crippen molar-refractivity contribution in [1.29, 1.82) is 0 Å². The Morgan fingerprint density at radius 1 is 0.750 bits per heavy atom. The fourth-order valence-corrected chi connectivity index (χ4v) is 3.17. The molecule has 0 bridgehead atoms. The first kappa shape index (κ1) is 26.0. The van der Waals surface area contributed by atoms with Crippen LogP contribution in [0.2, 0.25) is 0 Å². The minimum Gasteiger partial charge on any atom is -0.368 e. The molecule has 10 heteroatoms. The highest BCUT2D eigenvalue weighted by Gasteiger charge is 2.29. The monoisotopic (exact) mass is 460 g/mol. The van der Waals surface area contributed by atoms with Crippen molar-refractivity contribution in [1.82, 2.24) is 10.6 Å². The van der Waals surface area contributed by atoms with Crippen LogP contribution in [0.15, 0.2) is 0 Å². The van der Waals surface area contributed by atoms with E-state index >= 15 is 0 Å². The minimum absolute atomic E-state index is 0.121. The summed E-state index contributed by atoms with van der Waals surface area (Å²) in [5, 5.41) is 5.11. The summed E-state index contributed by atoms with van der Waals surface area (Å²) >= 11 is 0. The molecule has 0 aliphatic heterocycles. The lowest BCUT2D eigenvalue weighted by Gasteiger charge is -2.20. The van der Waals surface area contributed by atoms with E-state index in [1.54, 1.807) is 0 Å². The van der Waals surface area contributed by atoms with Crippen molar-refractivity contribution in [2.75, 3.05) is 26.3 Å². The van der Waals surface area contributed by atoms with Gasteiger partial charge in [0.1, 0.15) is 13.2 Å². The predicted molar refractivity (Wildman–Crippen MR) is 108 cm³/mol. The maximum atomic E-state index is 13.3. The van der Waals surface area contributed by atoms with E-state index < -0.39 is 48.7 Å². The molecule has 2 aliphatic carbocycles. The largest absolute Gasteiger partial charge is 0.368 e. The summed E-state index contributed by atoms with van der Waals surface area (Å²) in [5.74, 6) is 1.79. The van der Waals surface area contributed by atoms with Crippen molar-refractivity contribution in [3.63, 3.8) is 0 Å². The number of carbonyl (C=O) groups is 2. The molecule has 0 saturated carbocycles. The molecule has 2 aliphatic rings. The molecule has 0 spiro atoms. The fraction of sp³-hybridized carbons (Fsp3) is 0.727. The summed E-state index contributed by atoms with van der Waals surface area (Å²) in [7, 11) is 0. The number of ether oxygens (including phenoxy) is 2. The number of nitrogens with one attached hydrogen (secondary N) is 2. The van der Waals surface area contributed by atoms with Crippen molar-refractivity contribution in [2.24, 2.45) is 0 Å². The molecular weight excluding hydrogens is 432 g/mol. The van der Waals surface area contributed by atoms with Crippen molar-refractivity contribution in [2.45, 2.75) is 75.4 Å². The number of hydrogen-bond acceptors (Lipinski definition) is 4. The van der Waals surface area contributed by atoms with Crippen LogP contribution in [0.4, 0.5) is 17.6 Å². The first-order valence-corrected chi connectivity index (χ1v) is 10.7. The second-order valence-corrected chi connectivity index (χ2v) is 7.73. The van der Waals surface area contributed by atoms with E-state index in [1.165, 1.54) is 0 Å². The molecule has 2 atom stereocenters. The lowest BCUT2D eigenvalue weighted by molar-refractivity contribution is -0.130. The second kappa shape index (κ2) is 12.7. The third-order valence-corrected chi connectivity index (χ3v) is 4.96. The van der Waals surface area contributed by atoms with Crippen LogP contribution >= 0.6 is 0 Å². The zero-order valence-electron chi connectivity index (χ0n) is 17.8. The first-order chi connectivity index (χ1) is 15.2. The molecule has 0 aromatic carbocycles. The number of hydrogen-bond donors (Lipinski definition) is 2. The summed E-state index contributed by atoms with van der Waals surface area (Å²) in [6.07, 6.45) is 0.0458. The lowest BCUT2D eigenvalue weighted by Crippen LogP contribution is -2.38. The van der Waals surface area contributed by atoms with Gasteiger partial charge in [0.05, 0.1) is 12.2 Å². The van der Waals surface area contributed by atoms with Gasteiger partial charge in [-0.3, -0.25) is 9.59 Å². The zero-order valence-corrected chi connectivity index (χ0v) is 17.8. The highest BCUT2D eigenvalue weighted by Crippen LogP contribution is 2.25. The van der Waals surface area contributed by atoms with Crippen molar-refractivity contribution >= 4 is 11.8 Å². The standard InChI is InChI=1S/C22H28F4N2O4/c23-21(24)9-3-1-5-17(7-11-21)31-15-19(29)27-13-14-28-20(30)16-32-18-6-2-4-10-22(25,26)12-8-18/h17-18H,1-2,5-8,11-16H2,(H,27,29)(H,28,30). The quantitative estimate of drug-likeness (QED) is 0.315. The Morgan fingerprint density at radius 2 is 1.16 bits per heavy atom. The van der Waals surface area contributed by atoms with Gasteiger partial charge in [0.15, 0.2) is 0 Å². The normalized spacial score (nSPS) is 24.1. The SMILES string of the molecule is O=C(COC1CCC#CC(F)(F)CC1)NCCNC(=O)COC1CCC#CC(F)(F)CC1. The van der Waals surface area contributed by atoms with Gasteiger partial charge in [-0.1, -0.05) is 11.8 Å².